The van der Waals surface area contributed by atoms with E-state index >= 15 is 0 Å². The van der Waals surface area contributed by atoms with Gasteiger partial charge in [0, 0.05) is 17.2 Å². The smallest absolute Gasteiger partial charge is 0.0717 e. The first-order chi connectivity index (χ1) is 8.26. The van der Waals surface area contributed by atoms with Gasteiger partial charge in [-0.15, -0.1) is 23.2 Å². The Kier molecular flexibility index (Phi) is 6.94. The van der Waals surface area contributed by atoms with Gasteiger partial charge in [-0.3, -0.25) is 0 Å². The van der Waals surface area contributed by atoms with Gasteiger partial charge < -0.3 is 4.74 Å². The summed E-state index contributed by atoms with van der Waals surface area (Å²) >= 11 is 12.0. The zero-order valence-corrected chi connectivity index (χ0v) is 11.8. The summed E-state index contributed by atoms with van der Waals surface area (Å²) in [6.45, 7) is 3.40. The molecule has 0 fully saturated rings. The third-order valence-electron chi connectivity index (χ3n) is 2.87. The molecule has 0 aliphatic carbocycles. The standard InChI is InChI=1S/C14H20Cl2O/c1-2-8-14(10-15,11-16)12-17-9-13-6-4-3-5-7-13/h3-7H,2,8-12H2,1H3. The minimum Gasteiger partial charge on any atom is -0.376 e. The van der Waals surface area contributed by atoms with Crippen molar-refractivity contribution >= 4 is 23.2 Å². The molecular formula is C14H20Cl2O. The summed E-state index contributed by atoms with van der Waals surface area (Å²) in [4.78, 5) is 0. The van der Waals surface area contributed by atoms with Crippen LogP contribution in [-0.4, -0.2) is 18.4 Å². The molecule has 0 saturated carbocycles. The molecule has 0 heterocycles. The van der Waals surface area contributed by atoms with Gasteiger partial charge in [0.1, 0.15) is 0 Å². The summed E-state index contributed by atoms with van der Waals surface area (Å²) in [5, 5.41) is 0. The Hall–Kier alpha value is -0.240. The average Bonchev–Trinajstić information content (AvgIpc) is 2.39. The van der Waals surface area contributed by atoms with Crippen LogP contribution in [0.25, 0.3) is 0 Å². The predicted octanol–water partition coefficient (Wildman–Crippen LogP) is 4.47. The number of rotatable bonds is 8. The van der Waals surface area contributed by atoms with Crippen LogP contribution in [0.1, 0.15) is 25.3 Å². The highest BCUT2D eigenvalue weighted by molar-refractivity contribution is 6.21. The number of halogens is 2. The van der Waals surface area contributed by atoms with Crippen molar-refractivity contribution < 1.29 is 4.74 Å². The summed E-state index contributed by atoms with van der Waals surface area (Å²) < 4.78 is 5.75. The highest BCUT2D eigenvalue weighted by atomic mass is 35.5. The first kappa shape index (κ1) is 14.8. The second-order valence-corrected chi connectivity index (χ2v) is 5.03. The second kappa shape index (κ2) is 7.97. The van der Waals surface area contributed by atoms with Gasteiger partial charge in [-0.25, -0.2) is 0 Å². The van der Waals surface area contributed by atoms with E-state index in [1.54, 1.807) is 0 Å². The maximum atomic E-state index is 6.02. The summed E-state index contributed by atoms with van der Waals surface area (Å²) in [5.74, 6) is 1.11. The molecule has 0 N–H and O–H groups in total. The largest absolute Gasteiger partial charge is 0.376 e. The molecule has 0 aliphatic rings. The molecule has 0 atom stereocenters. The zero-order chi connectivity index (χ0) is 12.6. The van der Waals surface area contributed by atoms with Crippen LogP contribution < -0.4 is 0 Å². The van der Waals surface area contributed by atoms with Gasteiger partial charge in [-0.05, 0) is 12.0 Å². The van der Waals surface area contributed by atoms with Crippen LogP contribution in [0.2, 0.25) is 0 Å². The lowest BCUT2D eigenvalue weighted by Gasteiger charge is -2.28. The molecular weight excluding hydrogens is 255 g/mol. The molecule has 0 aromatic heterocycles. The molecule has 0 unspecified atom stereocenters. The predicted molar refractivity (Wildman–Crippen MR) is 74.9 cm³/mol. The van der Waals surface area contributed by atoms with Crippen molar-refractivity contribution in [3.63, 3.8) is 0 Å². The fraction of sp³-hybridized carbons (Fsp3) is 0.571. The molecule has 0 spiro atoms. The van der Waals surface area contributed by atoms with Gasteiger partial charge >= 0.3 is 0 Å². The molecule has 0 radical (unpaired) electrons. The first-order valence-corrected chi connectivity index (χ1v) is 7.07. The molecule has 0 amide bonds. The molecule has 1 aromatic carbocycles. The number of alkyl halides is 2. The minimum absolute atomic E-state index is 0.0767. The van der Waals surface area contributed by atoms with Crippen molar-refractivity contribution in [1.29, 1.82) is 0 Å². The topological polar surface area (TPSA) is 9.23 Å². The minimum atomic E-state index is -0.0767. The van der Waals surface area contributed by atoms with E-state index in [-0.39, 0.29) is 5.41 Å². The molecule has 1 aromatic rings. The van der Waals surface area contributed by atoms with E-state index in [0.717, 1.165) is 12.8 Å². The highest BCUT2D eigenvalue weighted by Gasteiger charge is 2.27. The average molecular weight is 275 g/mol. The quantitative estimate of drug-likeness (QED) is 0.636. The van der Waals surface area contributed by atoms with Crippen LogP contribution >= 0.6 is 23.2 Å². The van der Waals surface area contributed by atoms with Crippen LogP contribution in [0, 0.1) is 5.41 Å². The Labute approximate surface area is 114 Å². The number of hydrogen-bond acceptors (Lipinski definition) is 1. The van der Waals surface area contributed by atoms with Crippen LogP contribution in [0.5, 0.6) is 0 Å². The molecule has 1 rings (SSSR count). The van der Waals surface area contributed by atoms with E-state index in [4.69, 9.17) is 27.9 Å². The van der Waals surface area contributed by atoms with Gasteiger partial charge in [-0.2, -0.15) is 0 Å². The van der Waals surface area contributed by atoms with Gasteiger partial charge in [0.15, 0.2) is 0 Å². The second-order valence-electron chi connectivity index (χ2n) is 4.50. The van der Waals surface area contributed by atoms with Crippen molar-refractivity contribution in [2.75, 3.05) is 18.4 Å². The molecule has 0 bridgehead atoms. The first-order valence-electron chi connectivity index (χ1n) is 6.00. The summed E-state index contributed by atoms with van der Waals surface area (Å²) in [6.07, 6.45) is 2.09. The monoisotopic (exact) mass is 274 g/mol. The third-order valence-corrected chi connectivity index (χ3v) is 4.00. The van der Waals surface area contributed by atoms with Gasteiger partial charge in [0.25, 0.3) is 0 Å². The van der Waals surface area contributed by atoms with E-state index in [1.807, 2.05) is 18.2 Å². The Balaban J connectivity index is 2.42. The van der Waals surface area contributed by atoms with Crippen molar-refractivity contribution in [2.24, 2.45) is 5.41 Å². The zero-order valence-electron chi connectivity index (χ0n) is 10.3. The molecule has 0 saturated heterocycles. The number of benzene rings is 1. The molecule has 17 heavy (non-hydrogen) atoms. The fourth-order valence-electron chi connectivity index (χ4n) is 1.81. The van der Waals surface area contributed by atoms with Crippen LogP contribution in [-0.2, 0) is 11.3 Å². The van der Waals surface area contributed by atoms with Gasteiger partial charge in [0.05, 0.1) is 13.2 Å². The van der Waals surface area contributed by atoms with Gasteiger partial charge in [0.2, 0.25) is 0 Å². The van der Waals surface area contributed by atoms with Crippen LogP contribution in [0.3, 0.4) is 0 Å². The summed E-state index contributed by atoms with van der Waals surface area (Å²) in [5.41, 5.74) is 1.11. The van der Waals surface area contributed by atoms with Crippen molar-refractivity contribution in [3.8, 4) is 0 Å². The van der Waals surface area contributed by atoms with Crippen molar-refractivity contribution in [3.05, 3.63) is 35.9 Å². The van der Waals surface area contributed by atoms with Crippen LogP contribution in [0.4, 0.5) is 0 Å². The van der Waals surface area contributed by atoms with E-state index in [0.29, 0.717) is 25.0 Å². The Morgan fingerprint density at radius 1 is 1.12 bits per heavy atom. The Bertz CT molecular complexity index is 296. The SMILES string of the molecule is CCCC(CCl)(CCl)COCc1ccccc1. The lowest BCUT2D eigenvalue weighted by atomic mass is 9.88. The van der Waals surface area contributed by atoms with E-state index in [2.05, 4.69) is 19.1 Å². The van der Waals surface area contributed by atoms with E-state index in [1.165, 1.54) is 5.56 Å². The van der Waals surface area contributed by atoms with Crippen molar-refractivity contribution in [2.45, 2.75) is 26.4 Å². The molecule has 0 aliphatic heterocycles. The fourth-order valence-corrected chi connectivity index (χ4v) is 2.52. The van der Waals surface area contributed by atoms with Crippen LogP contribution in [0.15, 0.2) is 30.3 Å². The Morgan fingerprint density at radius 2 is 1.76 bits per heavy atom. The third kappa shape index (κ3) is 4.87. The molecule has 96 valence electrons. The number of ether oxygens (including phenoxy) is 1. The summed E-state index contributed by atoms with van der Waals surface area (Å²) in [6, 6.07) is 10.1. The molecule has 3 heteroatoms. The normalized spacial score (nSPS) is 11.7. The lowest BCUT2D eigenvalue weighted by molar-refractivity contribution is 0.0502. The van der Waals surface area contributed by atoms with Crippen molar-refractivity contribution in [1.82, 2.24) is 0 Å². The maximum absolute atomic E-state index is 6.02. The van der Waals surface area contributed by atoms with E-state index < -0.39 is 0 Å². The maximum Gasteiger partial charge on any atom is 0.0717 e. The Morgan fingerprint density at radius 3 is 2.29 bits per heavy atom. The summed E-state index contributed by atoms with van der Waals surface area (Å²) in [7, 11) is 0. The molecule has 1 nitrogen and oxygen atoms in total. The van der Waals surface area contributed by atoms with E-state index in [9.17, 15) is 0 Å². The number of hydrogen-bond donors (Lipinski definition) is 0. The lowest BCUT2D eigenvalue weighted by Crippen LogP contribution is -2.31. The highest BCUT2D eigenvalue weighted by Crippen LogP contribution is 2.28. The van der Waals surface area contributed by atoms with Gasteiger partial charge in [-0.1, -0.05) is 43.7 Å².